The van der Waals surface area contributed by atoms with Crippen molar-refractivity contribution in [2.24, 2.45) is 11.8 Å². The minimum absolute atomic E-state index is 0.188. The Balaban J connectivity index is 1.53. The van der Waals surface area contributed by atoms with Gasteiger partial charge in [-0.05, 0) is 76.3 Å². The average molecular weight is 578 g/mol. The summed E-state index contributed by atoms with van der Waals surface area (Å²) in [5.74, 6) is -2.86. The number of anilines is 2. The van der Waals surface area contributed by atoms with Crippen molar-refractivity contribution < 1.29 is 29.0 Å². The maximum absolute atomic E-state index is 14.4. The standard InChI is InChI=1S/C33H43N3O6/c1-5-32-18-19-33(42-32)26(27(32)31(40)41-8-4)30(39)36(25(21-37)20-22-12-10-9-11-13-22)28(33)29(38)34-23-14-16-24(17-15-23)35(6-2)7-3/h9-17,25-28,37H,5-8,18-21H2,1-4H3,(H,34,38)/t25-,26+,27+,28?,32-,33?/m1/s1. The number of rotatable bonds is 12. The van der Waals surface area contributed by atoms with E-state index >= 15 is 0 Å². The highest BCUT2D eigenvalue weighted by molar-refractivity contribution is 6.03. The van der Waals surface area contributed by atoms with Gasteiger partial charge in [-0.1, -0.05) is 37.3 Å². The lowest BCUT2D eigenvalue weighted by molar-refractivity contribution is -0.161. The number of nitrogens with one attached hydrogen (secondary N) is 1. The van der Waals surface area contributed by atoms with Gasteiger partial charge in [0.2, 0.25) is 11.8 Å². The molecule has 2 aromatic rings. The predicted octanol–water partition coefficient (Wildman–Crippen LogP) is 3.79. The fourth-order valence-electron chi connectivity index (χ4n) is 7.63. The predicted molar refractivity (Wildman–Crippen MR) is 160 cm³/mol. The number of aliphatic hydroxyl groups is 1. The number of carbonyl (C=O) groups is 3. The van der Waals surface area contributed by atoms with Gasteiger partial charge in [-0.2, -0.15) is 0 Å². The average Bonchev–Trinajstić information content (AvgIpc) is 3.61. The minimum atomic E-state index is -1.19. The van der Waals surface area contributed by atoms with Crippen molar-refractivity contribution in [3.63, 3.8) is 0 Å². The van der Waals surface area contributed by atoms with Gasteiger partial charge in [0, 0.05) is 24.5 Å². The third-order valence-electron chi connectivity index (χ3n) is 9.59. The fraction of sp³-hybridized carbons (Fsp3) is 0.545. The molecule has 3 aliphatic heterocycles. The molecule has 2 aromatic carbocycles. The number of ether oxygens (including phenoxy) is 2. The number of esters is 1. The molecule has 9 nitrogen and oxygen atoms in total. The van der Waals surface area contributed by atoms with Crippen LogP contribution >= 0.6 is 0 Å². The molecule has 0 aromatic heterocycles. The third kappa shape index (κ3) is 4.86. The van der Waals surface area contributed by atoms with Gasteiger partial charge in [-0.15, -0.1) is 0 Å². The SMILES string of the molecule is CCOC(=O)[C@@H]1[C@H]2C(=O)N([C@@H](CO)Cc3ccccc3)C(C(=O)Nc3ccc(N(CC)CC)cc3)C23CC[C@@]1(CC)O3. The molecule has 42 heavy (non-hydrogen) atoms. The largest absolute Gasteiger partial charge is 0.466 e. The number of likely N-dealkylation sites (tertiary alicyclic amines) is 1. The van der Waals surface area contributed by atoms with Gasteiger partial charge in [0.05, 0.1) is 30.8 Å². The first-order valence-electron chi connectivity index (χ1n) is 15.3. The van der Waals surface area contributed by atoms with Crippen LogP contribution in [0.3, 0.4) is 0 Å². The van der Waals surface area contributed by atoms with Crippen LogP contribution in [0.1, 0.15) is 52.5 Å². The Bertz CT molecular complexity index is 1280. The van der Waals surface area contributed by atoms with Gasteiger partial charge in [0.1, 0.15) is 17.6 Å². The minimum Gasteiger partial charge on any atom is -0.466 e. The van der Waals surface area contributed by atoms with Crippen molar-refractivity contribution in [3.8, 4) is 0 Å². The second kappa shape index (κ2) is 12.1. The maximum Gasteiger partial charge on any atom is 0.312 e. The lowest BCUT2D eigenvalue weighted by atomic mass is 9.65. The van der Waals surface area contributed by atoms with Gasteiger partial charge < -0.3 is 29.7 Å². The van der Waals surface area contributed by atoms with Gasteiger partial charge in [-0.25, -0.2) is 0 Å². The van der Waals surface area contributed by atoms with Crippen LogP contribution in [0.2, 0.25) is 0 Å². The number of hydrogen-bond acceptors (Lipinski definition) is 7. The second-order valence-electron chi connectivity index (χ2n) is 11.6. The van der Waals surface area contributed by atoms with E-state index in [4.69, 9.17) is 9.47 Å². The van der Waals surface area contributed by atoms with Crippen LogP contribution in [0.15, 0.2) is 54.6 Å². The summed E-state index contributed by atoms with van der Waals surface area (Å²) in [6.07, 6.45) is 1.90. The molecule has 2 unspecified atom stereocenters. The van der Waals surface area contributed by atoms with E-state index in [1.54, 1.807) is 6.92 Å². The molecule has 2 N–H and O–H groups in total. The van der Waals surface area contributed by atoms with E-state index < -0.39 is 41.1 Å². The molecular weight excluding hydrogens is 534 g/mol. The molecule has 226 valence electrons. The summed E-state index contributed by atoms with van der Waals surface area (Å²) in [7, 11) is 0. The van der Waals surface area contributed by atoms with Gasteiger partial charge in [-0.3, -0.25) is 14.4 Å². The number of hydrogen-bond donors (Lipinski definition) is 2. The lowest BCUT2D eigenvalue weighted by Gasteiger charge is -2.37. The first-order chi connectivity index (χ1) is 20.3. The summed E-state index contributed by atoms with van der Waals surface area (Å²) in [4.78, 5) is 45.9. The highest BCUT2D eigenvalue weighted by Crippen LogP contribution is 2.64. The van der Waals surface area contributed by atoms with Crippen LogP contribution in [0.4, 0.5) is 11.4 Å². The number of aliphatic hydroxyl groups excluding tert-OH is 1. The van der Waals surface area contributed by atoms with Crippen LogP contribution in [0, 0.1) is 11.8 Å². The second-order valence-corrected chi connectivity index (χ2v) is 11.6. The van der Waals surface area contributed by atoms with Crippen molar-refractivity contribution in [3.05, 3.63) is 60.2 Å². The Hall–Kier alpha value is -3.43. The number of fused-ring (bicyclic) bond motifs is 1. The summed E-state index contributed by atoms with van der Waals surface area (Å²) in [6, 6.07) is 15.5. The maximum atomic E-state index is 14.4. The van der Waals surface area contributed by atoms with Crippen LogP contribution < -0.4 is 10.2 Å². The highest BCUT2D eigenvalue weighted by atomic mass is 16.6. The molecule has 3 aliphatic rings. The van der Waals surface area contributed by atoms with E-state index in [-0.39, 0.29) is 25.0 Å². The summed E-state index contributed by atoms with van der Waals surface area (Å²) < 4.78 is 12.3. The summed E-state index contributed by atoms with van der Waals surface area (Å²) in [5.41, 5.74) is 0.530. The zero-order valence-corrected chi connectivity index (χ0v) is 25.0. The first kappa shape index (κ1) is 30.0. The molecule has 0 saturated carbocycles. The Morgan fingerprint density at radius 3 is 2.36 bits per heavy atom. The van der Waals surface area contributed by atoms with Crippen molar-refractivity contribution in [2.45, 2.75) is 76.7 Å². The van der Waals surface area contributed by atoms with Crippen LogP contribution in [-0.2, 0) is 30.3 Å². The topological polar surface area (TPSA) is 108 Å². The molecule has 2 bridgehead atoms. The number of carbonyl (C=O) groups excluding carboxylic acids is 3. The zero-order chi connectivity index (χ0) is 30.1. The molecule has 6 atom stereocenters. The summed E-state index contributed by atoms with van der Waals surface area (Å²) in [6.45, 7) is 9.47. The Labute approximate surface area is 248 Å². The van der Waals surface area contributed by atoms with E-state index in [9.17, 15) is 19.5 Å². The van der Waals surface area contributed by atoms with E-state index in [1.165, 1.54) is 4.90 Å². The van der Waals surface area contributed by atoms with Gasteiger partial charge >= 0.3 is 5.97 Å². The van der Waals surface area contributed by atoms with Crippen molar-refractivity contribution in [1.29, 1.82) is 0 Å². The molecule has 3 heterocycles. The third-order valence-corrected chi connectivity index (χ3v) is 9.59. The number of nitrogens with zero attached hydrogens (tertiary/aromatic N) is 2. The monoisotopic (exact) mass is 577 g/mol. The smallest absolute Gasteiger partial charge is 0.312 e. The number of amides is 2. The lowest BCUT2D eigenvalue weighted by Crippen LogP contribution is -2.57. The Morgan fingerprint density at radius 2 is 1.76 bits per heavy atom. The Morgan fingerprint density at radius 1 is 1.07 bits per heavy atom. The van der Waals surface area contributed by atoms with Crippen molar-refractivity contribution in [1.82, 2.24) is 4.90 Å². The van der Waals surface area contributed by atoms with Gasteiger partial charge in [0.25, 0.3) is 0 Å². The molecule has 5 rings (SSSR count). The van der Waals surface area contributed by atoms with Gasteiger partial charge in [0.15, 0.2) is 0 Å². The van der Waals surface area contributed by atoms with Crippen molar-refractivity contribution in [2.75, 3.05) is 36.5 Å². The molecule has 0 aliphatic carbocycles. The zero-order valence-electron chi connectivity index (χ0n) is 25.0. The normalized spacial score (nSPS) is 28.5. The van der Waals surface area contributed by atoms with Crippen LogP contribution in [0.5, 0.6) is 0 Å². The highest BCUT2D eigenvalue weighted by Gasteiger charge is 2.79. The first-order valence-corrected chi connectivity index (χ1v) is 15.3. The molecule has 3 fully saturated rings. The van der Waals surface area contributed by atoms with E-state index in [2.05, 4.69) is 24.1 Å². The number of benzene rings is 2. The van der Waals surface area contributed by atoms with E-state index in [1.807, 2.05) is 61.5 Å². The van der Waals surface area contributed by atoms with Crippen LogP contribution in [-0.4, -0.2) is 77.4 Å². The molecular formula is C33H43N3O6. The molecule has 2 amide bonds. The Kier molecular flexibility index (Phi) is 8.62. The quantitative estimate of drug-likeness (QED) is 0.370. The van der Waals surface area contributed by atoms with E-state index in [0.29, 0.717) is 31.4 Å². The molecule has 0 radical (unpaired) electrons. The molecule has 3 saturated heterocycles. The summed E-state index contributed by atoms with van der Waals surface area (Å²) >= 11 is 0. The molecule has 9 heteroatoms. The molecule has 1 spiro atoms. The van der Waals surface area contributed by atoms with Crippen molar-refractivity contribution >= 4 is 29.2 Å². The van der Waals surface area contributed by atoms with E-state index in [0.717, 1.165) is 24.3 Å². The fourth-order valence-corrected chi connectivity index (χ4v) is 7.63. The van der Waals surface area contributed by atoms with Crippen LogP contribution in [0.25, 0.3) is 0 Å². The summed E-state index contributed by atoms with van der Waals surface area (Å²) in [5, 5.41) is 13.6.